The summed E-state index contributed by atoms with van der Waals surface area (Å²) >= 11 is 0. The van der Waals surface area contributed by atoms with E-state index < -0.39 is 22.0 Å². The van der Waals surface area contributed by atoms with Gasteiger partial charge in [-0.2, -0.15) is 0 Å². The number of hydrogen-bond acceptors (Lipinski definition) is 12. The molecular weight excluding hydrogens is 546 g/mol. The Kier molecular flexibility index (Phi) is 29.4. The minimum absolute atomic E-state index is 0.0240. The van der Waals surface area contributed by atoms with Gasteiger partial charge in [0.15, 0.2) is 0 Å². The Hall–Kier alpha value is -0.155. The van der Waals surface area contributed by atoms with Crippen molar-refractivity contribution >= 4 is 37.7 Å². The van der Waals surface area contributed by atoms with Gasteiger partial charge in [-0.05, 0) is 68.2 Å². The predicted molar refractivity (Wildman–Crippen MR) is 168 cm³/mol. The summed E-state index contributed by atoms with van der Waals surface area (Å²) in [6.45, 7) is 16.5. The molecule has 0 fully saturated rings. The van der Waals surface area contributed by atoms with Gasteiger partial charge in [-0.1, -0.05) is 38.5 Å². The second-order valence-electron chi connectivity index (χ2n) is 10.8. The Morgan fingerprint density at radius 2 is 0.810 bits per heavy atom. The molecule has 0 saturated carbocycles. The zero-order valence-corrected chi connectivity index (χ0v) is 27.8. The van der Waals surface area contributed by atoms with Crippen LogP contribution >= 0.6 is 0 Å². The second kappa shape index (κ2) is 29.5. The molecule has 0 aliphatic rings. The molecule has 0 heterocycles. The van der Waals surface area contributed by atoms with E-state index in [1.165, 1.54) is 27.3 Å². The Balaban J connectivity index is 4.12. The summed E-state index contributed by atoms with van der Waals surface area (Å²) in [5, 5.41) is 0. The smallest absolute Gasteiger partial charge is 0.424 e. The summed E-state index contributed by atoms with van der Waals surface area (Å²) in [6, 6.07) is 0. The molecule has 0 saturated heterocycles. The van der Waals surface area contributed by atoms with Crippen LogP contribution in [0.1, 0.15) is 107 Å². The number of hydrogen-bond donors (Lipinski definition) is 0. The molecule has 0 N–H and O–H groups in total. The molecule has 244 valence electrons. The van der Waals surface area contributed by atoms with Crippen molar-refractivity contribution in [3.05, 3.63) is 0 Å². The van der Waals surface area contributed by atoms with Gasteiger partial charge in [0.05, 0.1) is 0 Å². The van der Waals surface area contributed by atoms with Gasteiger partial charge in [0, 0.05) is 37.6 Å². The molecule has 0 rings (SSSR count). The van der Waals surface area contributed by atoms with Gasteiger partial charge in [-0.15, -0.1) is 0 Å². The van der Waals surface area contributed by atoms with Crippen molar-refractivity contribution in [3.8, 4) is 0 Å². The molecule has 0 aromatic heterocycles. The molecule has 0 aromatic carbocycles. The van der Waals surface area contributed by atoms with E-state index in [0.29, 0.717) is 13.2 Å². The first-order valence-electron chi connectivity index (χ1n) is 15.5. The van der Waals surface area contributed by atoms with Crippen LogP contribution in [-0.2, 0) is 55.9 Å². The molecule has 12 nitrogen and oxygen atoms in total. The average Bonchev–Trinajstić information content (AvgIpc) is 2.89. The van der Waals surface area contributed by atoms with Crippen LogP contribution in [-0.4, -0.2) is 95.7 Å². The van der Waals surface area contributed by atoms with Gasteiger partial charge in [0.2, 0.25) is 0 Å². The molecule has 0 aliphatic heterocycles. The van der Waals surface area contributed by atoms with Crippen LogP contribution in [0.3, 0.4) is 0 Å². The summed E-state index contributed by atoms with van der Waals surface area (Å²) in [6.07, 6.45) is 8.75. The molecule has 0 atom stereocenters. The predicted octanol–water partition coefficient (Wildman–Crippen LogP) is 3.58. The summed E-state index contributed by atoms with van der Waals surface area (Å²) < 4.78 is 65.9. The largest absolute Gasteiger partial charge is 0.642 e. The first-order chi connectivity index (χ1) is 20.1. The highest BCUT2D eigenvalue weighted by Crippen LogP contribution is 2.11. The van der Waals surface area contributed by atoms with Crippen molar-refractivity contribution in [3.63, 3.8) is 0 Å². The SMILES string of the molecule is BOCOBOCOB(OCCCCCCCCCCOB(OC(C)C)OC(C)C)OCOB(OC(C)C)OC(C)C. The fourth-order valence-corrected chi connectivity index (χ4v) is 3.34. The molecule has 17 heteroatoms. The van der Waals surface area contributed by atoms with Crippen LogP contribution in [0.2, 0.25) is 0 Å². The lowest BCUT2D eigenvalue weighted by atomic mass is 10.1. The van der Waals surface area contributed by atoms with E-state index in [9.17, 15) is 0 Å². The maximum atomic E-state index is 5.77. The van der Waals surface area contributed by atoms with Crippen molar-refractivity contribution < 1.29 is 55.9 Å². The fourth-order valence-electron chi connectivity index (χ4n) is 3.34. The lowest BCUT2D eigenvalue weighted by Crippen LogP contribution is -2.36. The van der Waals surface area contributed by atoms with Crippen LogP contribution < -0.4 is 0 Å². The van der Waals surface area contributed by atoms with Crippen LogP contribution in [0.15, 0.2) is 0 Å². The summed E-state index contributed by atoms with van der Waals surface area (Å²) in [5.41, 5.74) is 0. The Labute approximate surface area is 258 Å². The van der Waals surface area contributed by atoms with E-state index in [1.54, 1.807) is 0 Å². The highest BCUT2D eigenvalue weighted by atomic mass is 16.8. The first-order valence-corrected chi connectivity index (χ1v) is 15.5. The average molecular weight is 604 g/mol. The van der Waals surface area contributed by atoms with Crippen LogP contribution in [0.25, 0.3) is 0 Å². The van der Waals surface area contributed by atoms with Gasteiger partial charge in [0.1, 0.15) is 20.4 Å². The molecule has 0 amide bonds. The maximum absolute atomic E-state index is 5.77. The number of unbranched alkanes of at least 4 members (excludes halogenated alkanes) is 7. The van der Waals surface area contributed by atoms with E-state index in [1.807, 2.05) is 55.4 Å². The summed E-state index contributed by atoms with van der Waals surface area (Å²) in [5.74, 6) is 0. The van der Waals surface area contributed by atoms with Gasteiger partial charge in [-0.3, -0.25) is 0 Å². The van der Waals surface area contributed by atoms with Gasteiger partial charge < -0.3 is 55.9 Å². The minimum atomic E-state index is -0.968. The zero-order chi connectivity index (χ0) is 31.4. The van der Waals surface area contributed by atoms with E-state index in [0.717, 1.165) is 32.1 Å². The Morgan fingerprint density at radius 1 is 0.452 bits per heavy atom. The fraction of sp³-hybridized carbons (Fsp3) is 1.00. The van der Waals surface area contributed by atoms with Crippen molar-refractivity contribution in [2.24, 2.45) is 0 Å². The van der Waals surface area contributed by atoms with Crippen molar-refractivity contribution in [1.82, 2.24) is 0 Å². The normalized spacial score (nSPS) is 11.8. The van der Waals surface area contributed by atoms with Gasteiger partial charge >= 0.3 is 29.6 Å². The molecule has 0 bridgehead atoms. The van der Waals surface area contributed by atoms with Crippen molar-refractivity contribution in [2.45, 2.75) is 131 Å². The van der Waals surface area contributed by atoms with Crippen molar-refractivity contribution in [1.29, 1.82) is 0 Å². The standard InChI is InChI=1S/C25H57B5O12/c1-22(2)39-29(40-23(3)4)35-18-16-14-12-10-9-11-13-15-17-34-28(36-20-33-27-32-19-31-26)37-21-38-30(41-24(5)6)42-25(7)8/h22-25,27H,9-21,26H2,1-8H3. The van der Waals surface area contributed by atoms with Crippen LogP contribution in [0, 0.1) is 0 Å². The Bertz CT molecular complexity index is 550. The molecule has 42 heavy (non-hydrogen) atoms. The minimum Gasteiger partial charge on any atom is -0.424 e. The quantitative estimate of drug-likeness (QED) is 0.0637. The highest BCUT2D eigenvalue weighted by molar-refractivity contribution is 6.37. The lowest BCUT2D eigenvalue weighted by molar-refractivity contribution is -0.0350. The second-order valence-corrected chi connectivity index (χ2v) is 10.8. The number of rotatable bonds is 32. The molecule has 0 aliphatic carbocycles. The van der Waals surface area contributed by atoms with Crippen LogP contribution in [0.4, 0.5) is 0 Å². The summed E-state index contributed by atoms with van der Waals surface area (Å²) in [4.78, 5) is 0. The molecule has 0 aromatic rings. The van der Waals surface area contributed by atoms with E-state index in [2.05, 4.69) is 0 Å². The Morgan fingerprint density at radius 3 is 1.26 bits per heavy atom. The van der Waals surface area contributed by atoms with Crippen molar-refractivity contribution in [2.75, 3.05) is 33.6 Å². The first kappa shape index (κ1) is 41.8. The zero-order valence-electron chi connectivity index (χ0n) is 27.8. The van der Waals surface area contributed by atoms with Gasteiger partial charge in [0.25, 0.3) is 8.05 Å². The molecular formula is C25H57B5O12. The highest BCUT2D eigenvalue weighted by Gasteiger charge is 2.28. The summed E-state index contributed by atoms with van der Waals surface area (Å²) in [7, 11) is -0.853. The van der Waals surface area contributed by atoms with E-state index in [-0.39, 0.29) is 52.5 Å². The third-order valence-electron chi connectivity index (χ3n) is 5.14. The lowest BCUT2D eigenvalue weighted by Gasteiger charge is -2.20. The van der Waals surface area contributed by atoms with E-state index >= 15 is 0 Å². The molecule has 0 unspecified atom stereocenters. The van der Waals surface area contributed by atoms with Crippen LogP contribution in [0.5, 0.6) is 0 Å². The topological polar surface area (TPSA) is 111 Å². The third kappa shape index (κ3) is 29.9. The monoisotopic (exact) mass is 604 g/mol. The van der Waals surface area contributed by atoms with Gasteiger partial charge in [-0.25, -0.2) is 0 Å². The van der Waals surface area contributed by atoms with E-state index in [4.69, 9.17) is 55.9 Å². The molecule has 0 spiro atoms. The third-order valence-corrected chi connectivity index (χ3v) is 5.14. The maximum Gasteiger partial charge on any atom is 0.642 e. The molecule has 0 radical (unpaired) electrons.